The van der Waals surface area contributed by atoms with Gasteiger partial charge in [0.15, 0.2) is 0 Å². The predicted octanol–water partition coefficient (Wildman–Crippen LogP) is 2.26. The zero-order valence-corrected chi connectivity index (χ0v) is 16.5. The number of ether oxygens (including phenoxy) is 1. The van der Waals surface area contributed by atoms with Crippen molar-refractivity contribution in [2.24, 2.45) is 0 Å². The topological polar surface area (TPSA) is 36.0 Å². The van der Waals surface area contributed by atoms with Gasteiger partial charge in [0.25, 0.3) is 0 Å². The van der Waals surface area contributed by atoms with Gasteiger partial charge in [-0.15, -0.1) is 0 Å². The molecular formula is C21H33N3O2. The summed E-state index contributed by atoms with van der Waals surface area (Å²) < 4.78 is 5.19. The van der Waals surface area contributed by atoms with Crippen LogP contribution in [0.25, 0.3) is 0 Å². The van der Waals surface area contributed by atoms with Crippen LogP contribution >= 0.6 is 0 Å². The van der Waals surface area contributed by atoms with E-state index >= 15 is 0 Å². The molecule has 2 fully saturated rings. The van der Waals surface area contributed by atoms with Crippen molar-refractivity contribution < 1.29 is 9.53 Å². The van der Waals surface area contributed by atoms with E-state index in [1.807, 2.05) is 12.1 Å². The third kappa shape index (κ3) is 4.38. The van der Waals surface area contributed by atoms with E-state index in [0.717, 1.165) is 64.2 Å². The van der Waals surface area contributed by atoms with Crippen molar-refractivity contribution in [2.45, 2.75) is 37.6 Å². The SMILES string of the molecule is COc1ccc(CCCC(=O)N2CCN(C)C3(CCN(C)CC3)C2)cc1. The molecule has 1 amide bonds. The summed E-state index contributed by atoms with van der Waals surface area (Å²) in [6.07, 6.45) is 4.82. The van der Waals surface area contributed by atoms with Crippen LogP contribution in [0.4, 0.5) is 0 Å². The van der Waals surface area contributed by atoms with E-state index in [1.165, 1.54) is 5.56 Å². The highest BCUT2D eigenvalue weighted by Crippen LogP contribution is 2.31. The Labute approximate surface area is 157 Å². The van der Waals surface area contributed by atoms with E-state index in [-0.39, 0.29) is 5.54 Å². The number of piperazine rings is 1. The summed E-state index contributed by atoms with van der Waals surface area (Å²) in [5, 5.41) is 0. The van der Waals surface area contributed by atoms with Crippen LogP contribution in [-0.2, 0) is 11.2 Å². The molecule has 0 unspecified atom stereocenters. The molecule has 2 aliphatic heterocycles. The van der Waals surface area contributed by atoms with Crippen LogP contribution < -0.4 is 4.74 Å². The van der Waals surface area contributed by atoms with Crippen molar-refractivity contribution in [1.82, 2.24) is 14.7 Å². The van der Waals surface area contributed by atoms with Crippen LogP contribution in [0.15, 0.2) is 24.3 Å². The Hall–Kier alpha value is -1.59. The molecule has 26 heavy (non-hydrogen) atoms. The number of hydrogen-bond donors (Lipinski definition) is 0. The van der Waals surface area contributed by atoms with E-state index in [0.29, 0.717) is 12.3 Å². The number of carbonyl (C=O) groups excluding carboxylic acids is 1. The highest BCUT2D eigenvalue weighted by Gasteiger charge is 2.42. The standard InChI is InChI=1S/C21H33N3O2/c1-22-13-11-21(12-14-22)17-24(16-15-23(21)2)20(25)6-4-5-18-7-9-19(26-3)10-8-18/h7-10H,4-6,11-17H2,1-3H3. The molecule has 0 atom stereocenters. The fraction of sp³-hybridized carbons (Fsp3) is 0.667. The summed E-state index contributed by atoms with van der Waals surface area (Å²) in [5.74, 6) is 1.20. The van der Waals surface area contributed by atoms with Crippen LogP contribution in [0.2, 0.25) is 0 Å². The number of likely N-dealkylation sites (N-methyl/N-ethyl adjacent to an activating group) is 1. The molecule has 2 aliphatic rings. The molecule has 0 N–H and O–H groups in total. The predicted molar refractivity (Wildman–Crippen MR) is 105 cm³/mol. The van der Waals surface area contributed by atoms with E-state index in [2.05, 4.69) is 40.9 Å². The number of carbonyl (C=O) groups is 1. The summed E-state index contributed by atoms with van der Waals surface area (Å²) in [7, 11) is 6.11. The first kappa shape index (κ1) is 19.2. The highest BCUT2D eigenvalue weighted by atomic mass is 16.5. The van der Waals surface area contributed by atoms with Gasteiger partial charge in [0.2, 0.25) is 5.91 Å². The Morgan fingerprint density at radius 3 is 2.42 bits per heavy atom. The molecule has 1 spiro atoms. The van der Waals surface area contributed by atoms with E-state index in [4.69, 9.17) is 4.74 Å². The van der Waals surface area contributed by atoms with Crippen LogP contribution in [0.5, 0.6) is 5.75 Å². The molecule has 0 radical (unpaired) electrons. The molecule has 0 saturated carbocycles. The average Bonchev–Trinajstić information content (AvgIpc) is 2.67. The van der Waals surface area contributed by atoms with Crippen molar-refractivity contribution in [3.63, 3.8) is 0 Å². The van der Waals surface area contributed by atoms with Gasteiger partial charge in [-0.05, 0) is 70.6 Å². The van der Waals surface area contributed by atoms with Gasteiger partial charge < -0.3 is 14.5 Å². The first-order valence-electron chi connectivity index (χ1n) is 9.83. The molecule has 1 aromatic carbocycles. The third-order valence-corrected chi connectivity index (χ3v) is 6.29. The minimum Gasteiger partial charge on any atom is -0.497 e. The Bertz CT molecular complexity index is 594. The maximum Gasteiger partial charge on any atom is 0.222 e. The van der Waals surface area contributed by atoms with Crippen molar-refractivity contribution in [2.75, 3.05) is 53.9 Å². The largest absolute Gasteiger partial charge is 0.497 e. The van der Waals surface area contributed by atoms with Gasteiger partial charge in [-0.2, -0.15) is 0 Å². The fourth-order valence-electron chi connectivity index (χ4n) is 4.24. The average molecular weight is 360 g/mol. The number of benzene rings is 1. The van der Waals surface area contributed by atoms with Crippen LogP contribution in [-0.4, -0.2) is 80.1 Å². The van der Waals surface area contributed by atoms with E-state index < -0.39 is 0 Å². The second kappa shape index (κ2) is 8.40. The monoisotopic (exact) mass is 359 g/mol. The minimum atomic E-state index is 0.191. The first-order valence-corrected chi connectivity index (χ1v) is 9.83. The molecule has 5 heteroatoms. The highest BCUT2D eigenvalue weighted by molar-refractivity contribution is 5.76. The van der Waals surface area contributed by atoms with Gasteiger partial charge in [-0.25, -0.2) is 0 Å². The van der Waals surface area contributed by atoms with Gasteiger partial charge in [-0.3, -0.25) is 9.69 Å². The Balaban J connectivity index is 1.49. The molecule has 0 aromatic heterocycles. The summed E-state index contributed by atoms with van der Waals surface area (Å²) >= 11 is 0. The molecule has 0 bridgehead atoms. The number of aryl methyl sites for hydroxylation is 1. The van der Waals surface area contributed by atoms with Gasteiger partial charge >= 0.3 is 0 Å². The Kier molecular flexibility index (Phi) is 6.20. The summed E-state index contributed by atoms with van der Waals surface area (Å²) in [4.78, 5) is 19.8. The van der Waals surface area contributed by atoms with Crippen molar-refractivity contribution >= 4 is 5.91 Å². The summed E-state index contributed by atoms with van der Waals surface area (Å²) in [5.41, 5.74) is 1.46. The second-order valence-electron chi connectivity index (χ2n) is 7.97. The summed E-state index contributed by atoms with van der Waals surface area (Å²) in [6, 6.07) is 8.16. The molecule has 2 saturated heterocycles. The number of likely N-dealkylation sites (tertiary alicyclic amines) is 1. The zero-order chi connectivity index (χ0) is 18.6. The van der Waals surface area contributed by atoms with Gasteiger partial charge in [-0.1, -0.05) is 12.1 Å². The molecule has 5 nitrogen and oxygen atoms in total. The zero-order valence-electron chi connectivity index (χ0n) is 16.5. The van der Waals surface area contributed by atoms with Gasteiger partial charge in [0.1, 0.15) is 5.75 Å². The lowest BCUT2D eigenvalue weighted by atomic mass is 9.83. The lowest BCUT2D eigenvalue weighted by molar-refractivity contribution is -0.138. The third-order valence-electron chi connectivity index (χ3n) is 6.29. The van der Waals surface area contributed by atoms with Crippen LogP contribution in [0, 0.1) is 0 Å². The molecule has 3 rings (SSSR count). The van der Waals surface area contributed by atoms with Crippen LogP contribution in [0.3, 0.4) is 0 Å². The molecular weight excluding hydrogens is 326 g/mol. The number of piperidine rings is 1. The molecule has 144 valence electrons. The maximum absolute atomic E-state index is 12.8. The quantitative estimate of drug-likeness (QED) is 0.808. The van der Waals surface area contributed by atoms with Gasteiger partial charge in [0, 0.05) is 31.6 Å². The maximum atomic E-state index is 12.8. The first-order chi connectivity index (χ1) is 12.5. The summed E-state index contributed by atoms with van der Waals surface area (Å²) in [6.45, 7) is 5.02. The van der Waals surface area contributed by atoms with Crippen molar-refractivity contribution in [1.29, 1.82) is 0 Å². The Morgan fingerprint density at radius 1 is 1.08 bits per heavy atom. The van der Waals surface area contributed by atoms with E-state index in [9.17, 15) is 4.79 Å². The number of methoxy groups -OCH3 is 1. The molecule has 1 aromatic rings. The van der Waals surface area contributed by atoms with Crippen molar-refractivity contribution in [3.05, 3.63) is 29.8 Å². The second-order valence-corrected chi connectivity index (χ2v) is 7.97. The fourth-order valence-corrected chi connectivity index (χ4v) is 4.24. The number of nitrogens with zero attached hydrogens (tertiary/aromatic N) is 3. The Morgan fingerprint density at radius 2 is 1.77 bits per heavy atom. The number of hydrogen-bond acceptors (Lipinski definition) is 4. The lowest BCUT2D eigenvalue weighted by Gasteiger charge is -2.52. The van der Waals surface area contributed by atoms with Crippen molar-refractivity contribution in [3.8, 4) is 5.75 Å². The number of rotatable bonds is 5. The molecule has 2 heterocycles. The normalized spacial score (nSPS) is 21.1. The van der Waals surface area contributed by atoms with Crippen LogP contribution in [0.1, 0.15) is 31.2 Å². The number of amides is 1. The lowest BCUT2D eigenvalue weighted by Crippen LogP contribution is -2.64. The van der Waals surface area contributed by atoms with Gasteiger partial charge in [0.05, 0.1) is 7.11 Å². The molecule has 0 aliphatic carbocycles. The smallest absolute Gasteiger partial charge is 0.222 e. The minimum absolute atomic E-state index is 0.191. The van der Waals surface area contributed by atoms with E-state index in [1.54, 1.807) is 7.11 Å².